The Kier molecular flexibility index (Phi) is 4.45. The largest absolute Gasteiger partial charge is 0.463 e. The molecule has 1 aromatic carbocycles. The van der Waals surface area contributed by atoms with Crippen LogP contribution in [0.2, 0.25) is 0 Å². The van der Waals surface area contributed by atoms with Gasteiger partial charge in [0, 0.05) is 11.6 Å². The van der Waals surface area contributed by atoms with E-state index < -0.39 is 5.97 Å². The zero-order chi connectivity index (χ0) is 12.0. The first-order chi connectivity index (χ1) is 7.65. The third-order valence-electron chi connectivity index (χ3n) is 2.01. The molecule has 0 saturated heterocycles. The van der Waals surface area contributed by atoms with Crippen LogP contribution in [0.1, 0.15) is 19.4 Å². The van der Waals surface area contributed by atoms with E-state index in [1.54, 1.807) is 19.1 Å². The van der Waals surface area contributed by atoms with Crippen molar-refractivity contribution in [3.63, 3.8) is 0 Å². The van der Waals surface area contributed by atoms with Crippen LogP contribution in [0.3, 0.4) is 0 Å². The number of ether oxygens (including phenoxy) is 1. The summed E-state index contributed by atoms with van der Waals surface area (Å²) in [6.07, 6.45) is 1.24. The van der Waals surface area contributed by atoms with Gasteiger partial charge in [-0.05, 0) is 19.4 Å². The molecule has 0 radical (unpaired) electrons. The molecule has 0 fully saturated rings. The van der Waals surface area contributed by atoms with Crippen molar-refractivity contribution in [1.29, 1.82) is 0 Å². The smallest absolute Gasteiger partial charge is 0.331 e. The molecule has 1 rings (SSSR count). The minimum absolute atomic E-state index is 0.153. The zero-order valence-corrected chi connectivity index (χ0v) is 9.40. The van der Waals surface area contributed by atoms with Crippen molar-refractivity contribution in [2.75, 3.05) is 6.61 Å². The Morgan fingerprint density at radius 1 is 1.25 bits per heavy atom. The van der Waals surface area contributed by atoms with E-state index in [0.29, 0.717) is 12.2 Å². The standard InChI is InChI=1S/C13H14O3/c1-3-16-13(15)9-12(10(2)14)11-7-5-4-6-8-11/h4-9H,3H2,1-2H3/b12-9+. The number of carbonyl (C=O) groups excluding carboxylic acids is 2. The van der Waals surface area contributed by atoms with E-state index in [9.17, 15) is 9.59 Å². The monoisotopic (exact) mass is 218 g/mol. The van der Waals surface area contributed by atoms with Gasteiger partial charge in [-0.2, -0.15) is 0 Å². The molecule has 0 unspecified atom stereocenters. The molecular formula is C13H14O3. The van der Waals surface area contributed by atoms with E-state index in [4.69, 9.17) is 4.74 Å². The van der Waals surface area contributed by atoms with E-state index in [1.807, 2.05) is 18.2 Å². The molecule has 0 heterocycles. The highest BCUT2D eigenvalue weighted by Gasteiger charge is 2.09. The van der Waals surface area contributed by atoms with Crippen LogP contribution in [0.5, 0.6) is 0 Å². The highest BCUT2D eigenvalue weighted by molar-refractivity contribution is 6.23. The Morgan fingerprint density at radius 2 is 1.88 bits per heavy atom. The van der Waals surface area contributed by atoms with Crippen LogP contribution >= 0.6 is 0 Å². The molecule has 0 aliphatic carbocycles. The number of rotatable bonds is 4. The molecule has 0 N–H and O–H groups in total. The molecule has 3 heteroatoms. The summed E-state index contributed by atoms with van der Waals surface area (Å²) in [5, 5.41) is 0. The Hall–Kier alpha value is -1.90. The molecule has 0 saturated carbocycles. The van der Waals surface area contributed by atoms with Gasteiger partial charge in [0.25, 0.3) is 0 Å². The average Bonchev–Trinajstić information content (AvgIpc) is 2.27. The Balaban J connectivity index is 3.01. The lowest BCUT2D eigenvalue weighted by Crippen LogP contribution is -2.04. The highest BCUT2D eigenvalue weighted by atomic mass is 16.5. The van der Waals surface area contributed by atoms with Crippen molar-refractivity contribution in [3.05, 3.63) is 42.0 Å². The molecule has 0 aliphatic heterocycles. The van der Waals surface area contributed by atoms with Crippen LogP contribution in [0.4, 0.5) is 0 Å². The number of carbonyl (C=O) groups is 2. The SMILES string of the molecule is CCOC(=O)/C=C(\C(C)=O)c1ccccc1. The third kappa shape index (κ3) is 3.35. The quantitative estimate of drug-likeness (QED) is 0.575. The first-order valence-corrected chi connectivity index (χ1v) is 5.10. The third-order valence-corrected chi connectivity index (χ3v) is 2.01. The molecule has 0 amide bonds. The molecule has 16 heavy (non-hydrogen) atoms. The van der Waals surface area contributed by atoms with E-state index in [2.05, 4.69) is 0 Å². The lowest BCUT2D eigenvalue weighted by molar-refractivity contribution is -0.137. The number of Topliss-reactive ketones (excluding diaryl/α,β-unsaturated/α-hetero) is 1. The van der Waals surface area contributed by atoms with Crippen LogP contribution in [-0.4, -0.2) is 18.4 Å². The number of benzene rings is 1. The summed E-state index contributed by atoms with van der Waals surface area (Å²) in [5.41, 5.74) is 1.10. The predicted octanol–water partition coefficient (Wildman–Crippen LogP) is 2.22. The van der Waals surface area contributed by atoms with Gasteiger partial charge in [0.1, 0.15) is 0 Å². The van der Waals surface area contributed by atoms with Crippen LogP contribution in [-0.2, 0) is 14.3 Å². The lowest BCUT2D eigenvalue weighted by atomic mass is 10.0. The predicted molar refractivity (Wildman–Crippen MR) is 61.7 cm³/mol. The highest BCUT2D eigenvalue weighted by Crippen LogP contribution is 2.14. The topological polar surface area (TPSA) is 43.4 Å². The maximum absolute atomic E-state index is 11.4. The molecule has 0 aliphatic rings. The molecule has 3 nitrogen and oxygen atoms in total. The fourth-order valence-electron chi connectivity index (χ4n) is 1.31. The number of ketones is 1. The van der Waals surface area contributed by atoms with Crippen molar-refractivity contribution >= 4 is 17.3 Å². The summed E-state index contributed by atoms with van der Waals surface area (Å²) >= 11 is 0. The van der Waals surface area contributed by atoms with Gasteiger partial charge >= 0.3 is 5.97 Å². The molecule has 0 atom stereocenters. The Labute approximate surface area is 94.7 Å². The molecular weight excluding hydrogens is 204 g/mol. The number of hydrogen-bond donors (Lipinski definition) is 0. The summed E-state index contributed by atoms with van der Waals surface area (Å²) in [4.78, 5) is 22.7. The maximum atomic E-state index is 11.4. The lowest BCUT2D eigenvalue weighted by Gasteiger charge is -2.03. The van der Waals surface area contributed by atoms with Gasteiger partial charge in [0.2, 0.25) is 0 Å². The van der Waals surface area contributed by atoms with Gasteiger partial charge in [0.15, 0.2) is 5.78 Å². The average molecular weight is 218 g/mol. The molecule has 0 aromatic heterocycles. The first-order valence-electron chi connectivity index (χ1n) is 5.10. The fraction of sp³-hybridized carbons (Fsp3) is 0.231. The molecule has 1 aromatic rings. The second kappa shape index (κ2) is 5.85. The van der Waals surface area contributed by atoms with Crippen LogP contribution in [0.15, 0.2) is 36.4 Å². The number of allylic oxidation sites excluding steroid dienone is 1. The van der Waals surface area contributed by atoms with Crippen LogP contribution in [0.25, 0.3) is 5.57 Å². The van der Waals surface area contributed by atoms with E-state index in [-0.39, 0.29) is 5.78 Å². The van der Waals surface area contributed by atoms with Crippen molar-refractivity contribution in [3.8, 4) is 0 Å². The number of hydrogen-bond acceptors (Lipinski definition) is 3. The van der Waals surface area contributed by atoms with Crippen LogP contribution in [0, 0.1) is 0 Å². The van der Waals surface area contributed by atoms with Gasteiger partial charge in [-0.3, -0.25) is 4.79 Å². The normalized spacial score (nSPS) is 11.0. The first kappa shape index (κ1) is 12.2. The van der Waals surface area contributed by atoms with Gasteiger partial charge in [-0.15, -0.1) is 0 Å². The van der Waals surface area contributed by atoms with Crippen molar-refractivity contribution in [2.45, 2.75) is 13.8 Å². The van der Waals surface area contributed by atoms with E-state index >= 15 is 0 Å². The van der Waals surface area contributed by atoms with Gasteiger partial charge < -0.3 is 4.74 Å². The summed E-state index contributed by atoms with van der Waals surface area (Å²) in [6, 6.07) is 9.05. The minimum Gasteiger partial charge on any atom is -0.463 e. The van der Waals surface area contributed by atoms with Crippen molar-refractivity contribution in [2.24, 2.45) is 0 Å². The fourth-order valence-corrected chi connectivity index (χ4v) is 1.31. The second-order valence-electron chi connectivity index (χ2n) is 3.23. The Bertz CT molecular complexity index is 404. The molecule has 0 bridgehead atoms. The summed E-state index contributed by atoms with van der Waals surface area (Å²) < 4.78 is 4.78. The summed E-state index contributed by atoms with van der Waals surface area (Å²) in [6.45, 7) is 3.45. The van der Waals surface area contributed by atoms with Gasteiger partial charge in [-0.25, -0.2) is 4.79 Å². The Morgan fingerprint density at radius 3 is 2.38 bits per heavy atom. The minimum atomic E-state index is -0.489. The number of esters is 1. The molecule has 84 valence electrons. The zero-order valence-electron chi connectivity index (χ0n) is 9.40. The van der Waals surface area contributed by atoms with Crippen molar-refractivity contribution < 1.29 is 14.3 Å². The van der Waals surface area contributed by atoms with E-state index in [0.717, 1.165) is 5.56 Å². The summed E-state index contributed by atoms with van der Waals surface area (Å²) in [5.74, 6) is -0.643. The second-order valence-corrected chi connectivity index (χ2v) is 3.23. The molecule has 0 spiro atoms. The van der Waals surface area contributed by atoms with E-state index in [1.165, 1.54) is 13.0 Å². The van der Waals surface area contributed by atoms with Gasteiger partial charge in [0.05, 0.1) is 6.61 Å². The van der Waals surface area contributed by atoms with Crippen molar-refractivity contribution in [1.82, 2.24) is 0 Å². The van der Waals surface area contributed by atoms with Gasteiger partial charge in [-0.1, -0.05) is 30.3 Å². The summed E-state index contributed by atoms with van der Waals surface area (Å²) in [7, 11) is 0. The van der Waals surface area contributed by atoms with Crippen LogP contribution < -0.4 is 0 Å². The maximum Gasteiger partial charge on any atom is 0.331 e.